The number of para-hydroxylation sites is 1. The van der Waals surface area contributed by atoms with Gasteiger partial charge in [-0.05, 0) is 19.1 Å². The fraction of sp³-hybridized carbons (Fsp3) is 0.429. The summed E-state index contributed by atoms with van der Waals surface area (Å²) in [5, 5.41) is 11.1. The normalized spacial score (nSPS) is 15.7. The maximum Gasteiger partial charge on any atom is 0.390 e. The molecule has 0 saturated carbocycles. The lowest BCUT2D eigenvalue weighted by Crippen LogP contribution is -2.39. The number of aliphatic hydroxyl groups is 1. The minimum Gasteiger partial charge on any atom is -0.458 e. The van der Waals surface area contributed by atoms with Crippen molar-refractivity contribution in [2.75, 3.05) is 12.3 Å². The molecule has 0 amide bonds. The minimum absolute atomic E-state index is 0.122. The van der Waals surface area contributed by atoms with Crippen LogP contribution in [0.4, 0.5) is 13.2 Å². The maximum absolute atomic E-state index is 12.1. The zero-order valence-electron chi connectivity index (χ0n) is 12.2. The first-order valence-electron chi connectivity index (χ1n) is 6.74. The Morgan fingerprint density at radius 2 is 1.91 bits per heavy atom. The molecule has 0 aliphatic rings. The van der Waals surface area contributed by atoms with Crippen molar-refractivity contribution < 1.29 is 31.1 Å². The third kappa shape index (κ3) is 4.95. The highest BCUT2D eigenvalue weighted by Crippen LogP contribution is 2.27. The van der Waals surface area contributed by atoms with Crippen LogP contribution in [-0.4, -0.2) is 32.0 Å². The Bertz CT molecular complexity index is 748. The number of nitrogens with one attached hydrogen (secondary N) is 1. The molecule has 1 aromatic carbocycles. The second-order valence-corrected chi connectivity index (χ2v) is 7.35. The van der Waals surface area contributed by atoms with Gasteiger partial charge in [-0.25, -0.2) is 13.1 Å². The first-order chi connectivity index (χ1) is 10.5. The van der Waals surface area contributed by atoms with Crippen molar-refractivity contribution in [3.05, 3.63) is 36.1 Å². The molecule has 128 valence electrons. The quantitative estimate of drug-likeness (QED) is 0.838. The number of hydrogen-bond donors (Lipinski definition) is 2. The number of fused-ring (bicyclic) bond motifs is 1. The fourth-order valence-corrected chi connectivity index (χ4v) is 3.05. The molecule has 0 spiro atoms. The predicted octanol–water partition coefficient (Wildman–Crippen LogP) is 2.51. The van der Waals surface area contributed by atoms with Crippen molar-refractivity contribution in [2.24, 2.45) is 0 Å². The van der Waals surface area contributed by atoms with Crippen molar-refractivity contribution in [1.29, 1.82) is 0 Å². The second-order valence-electron chi connectivity index (χ2n) is 5.43. The number of furan rings is 1. The molecule has 9 heteroatoms. The van der Waals surface area contributed by atoms with E-state index in [4.69, 9.17) is 4.42 Å². The third-order valence-corrected chi connectivity index (χ3v) is 4.57. The van der Waals surface area contributed by atoms with Gasteiger partial charge in [-0.15, -0.1) is 0 Å². The fourth-order valence-electron chi connectivity index (χ4n) is 1.91. The maximum atomic E-state index is 12.1. The van der Waals surface area contributed by atoms with Gasteiger partial charge < -0.3 is 9.52 Å². The predicted molar refractivity (Wildman–Crippen MR) is 78.2 cm³/mol. The summed E-state index contributed by atoms with van der Waals surface area (Å²) in [5.41, 5.74) is -1.17. The van der Waals surface area contributed by atoms with Crippen LogP contribution in [0.25, 0.3) is 11.0 Å². The molecule has 2 N–H and O–H groups in total. The molecule has 0 radical (unpaired) electrons. The average molecular weight is 351 g/mol. The Kier molecular flexibility index (Phi) is 4.74. The summed E-state index contributed by atoms with van der Waals surface area (Å²) in [6.45, 7) is 0.823. The van der Waals surface area contributed by atoms with Crippen LogP contribution < -0.4 is 4.72 Å². The molecule has 1 atom stereocenters. The zero-order valence-corrected chi connectivity index (χ0v) is 13.0. The van der Waals surface area contributed by atoms with Crippen molar-refractivity contribution in [2.45, 2.75) is 25.1 Å². The van der Waals surface area contributed by atoms with Gasteiger partial charge in [0.25, 0.3) is 0 Å². The summed E-state index contributed by atoms with van der Waals surface area (Å²) in [7, 11) is -4.16. The SMILES string of the molecule is CC(O)(CNS(=O)(=O)CCC(F)(F)F)c1cc2ccccc2o1. The number of rotatable bonds is 6. The Labute approximate surface area is 131 Å². The van der Waals surface area contributed by atoms with E-state index in [2.05, 4.69) is 0 Å². The molecule has 23 heavy (non-hydrogen) atoms. The van der Waals surface area contributed by atoms with E-state index in [1.54, 1.807) is 30.3 Å². The molecule has 2 aromatic rings. The van der Waals surface area contributed by atoms with E-state index in [0.29, 0.717) is 5.58 Å². The summed E-state index contributed by atoms with van der Waals surface area (Å²) in [4.78, 5) is 0. The Hall–Kier alpha value is -1.58. The molecule has 5 nitrogen and oxygen atoms in total. The molecular weight excluding hydrogens is 335 g/mol. The highest BCUT2D eigenvalue weighted by molar-refractivity contribution is 7.89. The number of alkyl halides is 3. The van der Waals surface area contributed by atoms with Gasteiger partial charge in [0, 0.05) is 11.9 Å². The summed E-state index contributed by atoms with van der Waals surface area (Å²) < 4.78 is 66.8. The molecule has 2 rings (SSSR count). The van der Waals surface area contributed by atoms with E-state index in [-0.39, 0.29) is 5.76 Å². The number of halogens is 3. The summed E-state index contributed by atoms with van der Waals surface area (Å²) in [6, 6.07) is 8.51. The third-order valence-electron chi connectivity index (χ3n) is 3.25. The van der Waals surface area contributed by atoms with E-state index < -0.39 is 40.5 Å². The largest absolute Gasteiger partial charge is 0.458 e. The van der Waals surface area contributed by atoms with Gasteiger partial charge in [0.05, 0.1) is 12.2 Å². The standard InChI is InChI=1S/C14H16F3NO4S/c1-13(19,9-18-23(20,21)7-6-14(15,16)17)12-8-10-4-2-3-5-11(10)22-12/h2-5,8,18-19H,6-7,9H2,1H3. The van der Waals surface area contributed by atoms with Gasteiger partial charge >= 0.3 is 6.18 Å². The van der Waals surface area contributed by atoms with Gasteiger partial charge in [-0.2, -0.15) is 13.2 Å². The van der Waals surface area contributed by atoms with E-state index >= 15 is 0 Å². The van der Waals surface area contributed by atoms with Crippen molar-refractivity contribution >= 4 is 21.0 Å². The van der Waals surface area contributed by atoms with Gasteiger partial charge in [0.1, 0.15) is 16.9 Å². The monoisotopic (exact) mass is 351 g/mol. The second kappa shape index (κ2) is 6.14. The van der Waals surface area contributed by atoms with Crippen LogP contribution in [-0.2, 0) is 15.6 Å². The Morgan fingerprint density at radius 1 is 1.26 bits per heavy atom. The molecular formula is C14H16F3NO4S. The molecule has 0 bridgehead atoms. The van der Waals surface area contributed by atoms with Crippen molar-refractivity contribution in [3.63, 3.8) is 0 Å². The van der Waals surface area contributed by atoms with Gasteiger partial charge in [0.15, 0.2) is 0 Å². The molecule has 0 aliphatic carbocycles. The topological polar surface area (TPSA) is 79.5 Å². The molecule has 1 heterocycles. The van der Waals surface area contributed by atoms with Gasteiger partial charge in [0.2, 0.25) is 10.0 Å². The molecule has 1 aromatic heterocycles. The minimum atomic E-state index is -4.56. The van der Waals surface area contributed by atoms with E-state index in [1.165, 1.54) is 6.92 Å². The number of hydrogen-bond acceptors (Lipinski definition) is 4. The van der Waals surface area contributed by atoms with Gasteiger partial charge in [-0.1, -0.05) is 18.2 Å². The zero-order chi connectivity index (χ0) is 17.3. The highest BCUT2D eigenvalue weighted by Gasteiger charge is 2.32. The molecule has 0 aliphatic heterocycles. The van der Waals surface area contributed by atoms with Gasteiger partial charge in [-0.3, -0.25) is 0 Å². The van der Waals surface area contributed by atoms with Crippen molar-refractivity contribution in [3.8, 4) is 0 Å². The van der Waals surface area contributed by atoms with Crippen LogP contribution in [0, 0.1) is 0 Å². The van der Waals surface area contributed by atoms with Crippen LogP contribution in [0.3, 0.4) is 0 Å². The summed E-state index contributed by atoms with van der Waals surface area (Å²) in [5.74, 6) is -0.968. The van der Waals surface area contributed by atoms with E-state index in [0.717, 1.165) is 5.39 Å². The van der Waals surface area contributed by atoms with E-state index in [9.17, 15) is 26.7 Å². The summed E-state index contributed by atoms with van der Waals surface area (Å²) in [6.07, 6.45) is -6.01. The Balaban J connectivity index is 2.06. The number of sulfonamides is 1. The van der Waals surface area contributed by atoms with Crippen LogP contribution >= 0.6 is 0 Å². The molecule has 0 fully saturated rings. The molecule has 1 unspecified atom stereocenters. The van der Waals surface area contributed by atoms with Crippen LogP contribution in [0.5, 0.6) is 0 Å². The van der Waals surface area contributed by atoms with E-state index in [1.807, 2.05) is 4.72 Å². The highest BCUT2D eigenvalue weighted by atomic mass is 32.2. The smallest absolute Gasteiger partial charge is 0.390 e. The lowest BCUT2D eigenvalue weighted by molar-refractivity contribution is -0.130. The number of benzene rings is 1. The average Bonchev–Trinajstić information content (AvgIpc) is 2.88. The lowest BCUT2D eigenvalue weighted by atomic mass is 10.0. The van der Waals surface area contributed by atoms with Crippen LogP contribution in [0.1, 0.15) is 19.1 Å². The molecule has 0 saturated heterocycles. The van der Waals surface area contributed by atoms with Crippen LogP contribution in [0.2, 0.25) is 0 Å². The van der Waals surface area contributed by atoms with Crippen molar-refractivity contribution in [1.82, 2.24) is 4.72 Å². The first kappa shape index (κ1) is 17.8. The van der Waals surface area contributed by atoms with Crippen LogP contribution in [0.15, 0.2) is 34.7 Å². The first-order valence-corrected chi connectivity index (χ1v) is 8.39. The Morgan fingerprint density at radius 3 is 2.52 bits per heavy atom. The lowest BCUT2D eigenvalue weighted by Gasteiger charge is -2.21. The summed E-state index contributed by atoms with van der Waals surface area (Å²) >= 11 is 0.